The summed E-state index contributed by atoms with van der Waals surface area (Å²) in [6, 6.07) is 4.81. The van der Waals surface area contributed by atoms with Crippen molar-refractivity contribution >= 4 is 16.8 Å². The third-order valence-electron chi connectivity index (χ3n) is 6.89. The Morgan fingerprint density at radius 2 is 1.88 bits per heavy atom. The zero-order valence-corrected chi connectivity index (χ0v) is 18.4. The highest BCUT2D eigenvalue weighted by Crippen LogP contribution is 2.60. The summed E-state index contributed by atoms with van der Waals surface area (Å²) in [6.07, 6.45) is -3.92. The summed E-state index contributed by atoms with van der Waals surface area (Å²) < 4.78 is 70.6. The summed E-state index contributed by atoms with van der Waals surface area (Å²) in [5.74, 6) is -4.74. The van der Waals surface area contributed by atoms with Crippen LogP contribution in [0.25, 0.3) is 10.9 Å². The zero-order chi connectivity index (χ0) is 25.0. The van der Waals surface area contributed by atoms with Gasteiger partial charge in [0, 0.05) is 23.9 Å². The summed E-state index contributed by atoms with van der Waals surface area (Å²) >= 11 is 0. The number of fused-ring (bicyclic) bond motifs is 1. The molecule has 0 aliphatic heterocycles. The normalized spacial score (nSPS) is 22.9. The lowest BCUT2D eigenvalue weighted by atomic mass is 9.82. The van der Waals surface area contributed by atoms with Crippen LogP contribution < -0.4 is 11.2 Å². The maximum atomic E-state index is 14.6. The molecule has 5 nitrogen and oxygen atoms in total. The number of halogens is 5. The number of benzene rings is 1. The molecule has 1 fully saturated rings. The fraction of sp³-hybridized carbons (Fsp3) is 0.375. The number of pyridine rings is 2. The van der Waals surface area contributed by atoms with Gasteiger partial charge in [-0.05, 0) is 48.4 Å². The fourth-order valence-electron chi connectivity index (χ4n) is 5.14. The van der Waals surface area contributed by atoms with Gasteiger partial charge in [0.1, 0.15) is 5.69 Å². The van der Waals surface area contributed by atoms with Gasteiger partial charge in [0.05, 0.1) is 16.3 Å². The van der Waals surface area contributed by atoms with Gasteiger partial charge in [-0.15, -0.1) is 0 Å². The second-order valence-electron chi connectivity index (χ2n) is 9.00. The first-order chi connectivity index (χ1) is 15.9. The van der Waals surface area contributed by atoms with Gasteiger partial charge >= 0.3 is 6.18 Å². The van der Waals surface area contributed by atoms with Crippen LogP contribution in [0.15, 0.2) is 35.3 Å². The van der Waals surface area contributed by atoms with Gasteiger partial charge in [-0.3, -0.25) is 14.6 Å². The van der Waals surface area contributed by atoms with E-state index < -0.39 is 46.4 Å². The first kappa shape index (κ1) is 23.8. The lowest BCUT2D eigenvalue weighted by Crippen LogP contribution is -2.32. The Morgan fingerprint density at radius 1 is 1.21 bits per heavy atom. The Balaban J connectivity index is 1.93. The van der Waals surface area contributed by atoms with Crippen molar-refractivity contribution in [1.29, 1.82) is 0 Å². The molecule has 0 radical (unpaired) electrons. The molecule has 1 saturated carbocycles. The van der Waals surface area contributed by atoms with Crippen molar-refractivity contribution in [1.82, 2.24) is 9.97 Å². The highest BCUT2D eigenvalue weighted by Gasteiger charge is 2.58. The van der Waals surface area contributed by atoms with E-state index in [1.54, 1.807) is 6.92 Å². The predicted molar refractivity (Wildman–Crippen MR) is 115 cm³/mol. The van der Waals surface area contributed by atoms with Crippen LogP contribution in [0.4, 0.5) is 22.0 Å². The summed E-state index contributed by atoms with van der Waals surface area (Å²) in [4.78, 5) is 31.4. The van der Waals surface area contributed by atoms with Crippen LogP contribution in [0, 0.1) is 17.0 Å². The maximum Gasteiger partial charge on any atom is 0.394 e. The minimum atomic E-state index is -4.55. The van der Waals surface area contributed by atoms with Gasteiger partial charge in [-0.2, -0.15) is 13.2 Å². The third-order valence-corrected chi connectivity index (χ3v) is 6.89. The molecule has 1 aliphatic carbocycles. The van der Waals surface area contributed by atoms with Crippen molar-refractivity contribution in [2.75, 3.05) is 0 Å². The number of alkyl halides is 3. The molecule has 34 heavy (non-hydrogen) atoms. The van der Waals surface area contributed by atoms with Gasteiger partial charge < -0.3 is 10.7 Å². The molecule has 180 valence electrons. The zero-order valence-electron chi connectivity index (χ0n) is 18.4. The minimum Gasteiger partial charge on any atom is -0.364 e. The molecule has 4 rings (SSSR count). The van der Waals surface area contributed by atoms with Crippen molar-refractivity contribution < 1.29 is 26.7 Å². The Kier molecular flexibility index (Phi) is 5.73. The van der Waals surface area contributed by atoms with Crippen LogP contribution in [0.2, 0.25) is 0 Å². The molecule has 0 spiro atoms. The summed E-state index contributed by atoms with van der Waals surface area (Å²) in [5, 5.41) is -0.0612. The van der Waals surface area contributed by atoms with E-state index in [9.17, 15) is 31.5 Å². The molecule has 0 bridgehead atoms. The van der Waals surface area contributed by atoms with Crippen molar-refractivity contribution in [3.63, 3.8) is 0 Å². The number of hydrogen-bond acceptors (Lipinski definition) is 3. The summed E-state index contributed by atoms with van der Waals surface area (Å²) in [7, 11) is 0. The largest absolute Gasteiger partial charge is 0.394 e. The number of carbonyl (C=O) groups is 1. The molecule has 3 aromatic rings. The molecule has 2 aromatic heterocycles. The van der Waals surface area contributed by atoms with E-state index in [2.05, 4.69) is 9.97 Å². The highest BCUT2D eigenvalue weighted by molar-refractivity contribution is 6.03. The third kappa shape index (κ3) is 3.74. The van der Waals surface area contributed by atoms with Crippen LogP contribution in [-0.2, 0) is 6.42 Å². The fourth-order valence-corrected chi connectivity index (χ4v) is 5.14. The van der Waals surface area contributed by atoms with Crippen LogP contribution >= 0.6 is 0 Å². The van der Waals surface area contributed by atoms with Gasteiger partial charge in [0.25, 0.3) is 5.91 Å². The van der Waals surface area contributed by atoms with Crippen LogP contribution in [-0.4, -0.2) is 22.1 Å². The predicted octanol–water partition coefficient (Wildman–Crippen LogP) is 5.09. The van der Waals surface area contributed by atoms with Gasteiger partial charge in [0.2, 0.25) is 0 Å². The molecule has 3 N–H and O–H groups in total. The molecule has 1 aromatic carbocycles. The number of nitrogens with two attached hydrogens (primary N) is 1. The van der Waals surface area contributed by atoms with Gasteiger partial charge in [-0.1, -0.05) is 19.9 Å². The Morgan fingerprint density at radius 3 is 2.50 bits per heavy atom. The van der Waals surface area contributed by atoms with Gasteiger partial charge in [0.15, 0.2) is 17.1 Å². The molecular weight excluding hydrogens is 457 g/mol. The quantitative estimate of drug-likeness (QED) is 0.511. The molecular formula is C24H22F5N3O2. The van der Waals surface area contributed by atoms with E-state index in [1.807, 2.05) is 0 Å². The van der Waals surface area contributed by atoms with Crippen molar-refractivity contribution in [3.8, 4) is 0 Å². The van der Waals surface area contributed by atoms with E-state index in [0.717, 1.165) is 19.1 Å². The average molecular weight is 479 g/mol. The molecule has 2 unspecified atom stereocenters. The van der Waals surface area contributed by atoms with E-state index >= 15 is 0 Å². The lowest BCUT2D eigenvalue weighted by molar-refractivity contribution is -0.216. The van der Waals surface area contributed by atoms with Crippen LogP contribution in [0.3, 0.4) is 0 Å². The van der Waals surface area contributed by atoms with E-state index in [4.69, 9.17) is 5.73 Å². The lowest BCUT2D eigenvalue weighted by Gasteiger charge is -2.27. The Labute approximate surface area is 191 Å². The van der Waals surface area contributed by atoms with Crippen molar-refractivity contribution in [2.24, 2.45) is 11.1 Å². The molecule has 2 heterocycles. The number of H-pyrrole nitrogens is 1. The Bertz CT molecular complexity index is 1350. The first-order valence-electron chi connectivity index (χ1n) is 10.7. The standard InChI is InChI=1S/C24H22F5N3O2/c1-3-11-12(4-5-15(25)20(11)26)13-9-23(2,24(27,28)29)10-14(13)17-8-18(33)19-16(32-17)6-7-31-21(19)22(30)34/h4-8,13-14H,3,9-10H2,1-2H3,(H2,30,34)(H,32,33)/t13?,14?,23-/m0/s1. The number of nitrogens with zero attached hydrogens (tertiary/aromatic N) is 1. The second kappa shape index (κ2) is 8.18. The molecule has 1 aliphatic rings. The van der Waals surface area contributed by atoms with Gasteiger partial charge in [-0.25, -0.2) is 8.78 Å². The molecule has 0 saturated heterocycles. The van der Waals surface area contributed by atoms with Crippen LogP contribution in [0.5, 0.6) is 0 Å². The summed E-state index contributed by atoms with van der Waals surface area (Å²) in [6.45, 7) is 2.70. The summed E-state index contributed by atoms with van der Waals surface area (Å²) in [5.41, 5.74) is 3.04. The van der Waals surface area contributed by atoms with E-state index in [-0.39, 0.29) is 52.7 Å². The van der Waals surface area contributed by atoms with Crippen LogP contribution in [0.1, 0.15) is 65.8 Å². The number of amides is 1. The number of primary amides is 1. The number of nitrogens with one attached hydrogen (secondary N) is 1. The van der Waals surface area contributed by atoms with E-state index in [1.165, 1.54) is 18.3 Å². The van der Waals surface area contributed by atoms with Crippen molar-refractivity contribution in [3.05, 3.63) is 74.8 Å². The molecule has 10 heteroatoms. The minimum absolute atomic E-state index is 0.0183. The first-order valence-corrected chi connectivity index (χ1v) is 10.7. The number of aromatic nitrogens is 2. The SMILES string of the molecule is CCc1c(C2C[C@](C)(C(F)(F)F)CC2c2cc(=O)c3c(C(N)=O)nccc3[nH]2)ccc(F)c1F. The monoisotopic (exact) mass is 479 g/mol. The average Bonchev–Trinajstić information content (AvgIpc) is 3.13. The Hall–Kier alpha value is -3.30. The smallest absolute Gasteiger partial charge is 0.364 e. The maximum absolute atomic E-state index is 14.6. The molecule has 1 amide bonds. The highest BCUT2D eigenvalue weighted by atomic mass is 19.4. The number of rotatable bonds is 4. The number of aromatic amines is 1. The number of carbonyl (C=O) groups excluding carboxylic acids is 1. The topological polar surface area (TPSA) is 88.8 Å². The number of hydrogen-bond donors (Lipinski definition) is 2. The molecule has 3 atom stereocenters. The van der Waals surface area contributed by atoms with E-state index in [0.29, 0.717) is 0 Å². The van der Waals surface area contributed by atoms with Crippen molar-refractivity contribution in [2.45, 2.75) is 51.1 Å². The second-order valence-corrected chi connectivity index (χ2v) is 9.00.